The zero-order valence-corrected chi connectivity index (χ0v) is 10.1. The highest BCUT2D eigenvalue weighted by atomic mass is 16.1. The van der Waals surface area contributed by atoms with E-state index in [1.54, 1.807) is 7.05 Å². The first-order chi connectivity index (χ1) is 8.26. The van der Waals surface area contributed by atoms with Crippen molar-refractivity contribution in [3.63, 3.8) is 0 Å². The van der Waals surface area contributed by atoms with Gasteiger partial charge in [0.15, 0.2) is 0 Å². The third-order valence-electron chi connectivity index (χ3n) is 3.29. The van der Waals surface area contributed by atoms with Crippen LogP contribution in [0, 0.1) is 0 Å². The minimum atomic E-state index is 0.0493. The number of benzene rings is 1. The Morgan fingerprint density at radius 3 is 3.00 bits per heavy atom. The normalized spacial score (nSPS) is 18.0. The minimum Gasteiger partial charge on any atom is -0.361 e. The fourth-order valence-electron chi connectivity index (χ4n) is 2.43. The lowest BCUT2D eigenvalue weighted by molar-refractivity contribution is -0.119. The van der Waals surface area contributed by atoms with Gasteiger partial charge in [0.25, 0.3) is 0 Å². The molecule has 4 nitrogen and oxygen atoms in total. The quantitative estimate of drug-likeness (QED) is 0.804. The maximum absolute atomic E-state index is 11.5. The Bertz CT molecular complexity index is 405. The predicted molar refractivity (Wildman–Crippen MR) is 69.1 cm³/mol. The van der Waals surface area contributed by atoms with E-state index >= 15 is 0 Å². The smallest absolute Gasteiger partial charge is 0.239 e. The van der Waals surface area contributed by atoms with Crippen LogP contribution in [0.25, 0.3) is 0 Å². The van der Waals surface area contributed by atoms with Crippen LogP contribution in [0.4, 0.5) is 5.69 Å². The van der Waals surface area contributed by atoms with Gasteiger partial charge in [0, 0.05) is 25.2 Å². The number of rotatable bonds is 4. The molecule has 0 saturated heterocycles. The molecule has 1 aromatic rings. The van der Waals surface area contributed by atoms with Gasteiger partial charge in [-0.05, 0) is 24.6 Å². The zero-order valence-electron chi connectivity index (χ0n) is 10.1. The van der Waals surface area contributed by atoms with Crippen LogP contribution in [0.1, 0.15) is 17.9 Å². The number of para-hydroxylation sites is 1. The lowest BCUT2D eigenvalue weighted by atomic mass is 9.98. The summed E-state index contributed by atoms with van der Waals surface area (Å²) in [6.45, 7) is 2.01. The van der Waals surface area contributed by atoms with Crippen LogP contribution < -0.4 is 16.0 Å². The third-order valence-corrected chi connectivity index (χ3v) is 3.29. The second kappa shape index (κ2) is 5.19. The van der Waals surface area contributed by atoms with Crippen LogP contribution in [0.15, 0.2) is 24.3 Å². The summed E-state index contributed by atoms with van der Waals surface area (Å²) in [7, 11) is 1.67. The molecule has 92 valence electrons. The molecule has 0 aliphatic carbocycles. The highest BCUT2D eigenvalue weighted by Gasteiger charge is 2.28. The maximum atomic E-state index is 11.5. The summed E-state index contributed by atoms with van der Waals surface area (Å²) in [6.07, 6.45) is 0.973. The summed E-state index contributed by atoms with van der Waals surface area (Å²) in [5.74, 6) is 0.508. The van der Waals surface area contributed by atoms with Crippen LogP contribution in [-0.4, -0.2) is 32.6 Å². The van der Waals surface area contributed by atoms with Crippen LogP contribution in [0.2, 0.25) is 0 Å². The molecule has 0 bridgehead atoms. The fraction of sp³-hybridized carbons (Fsp3) is 0.462. The summed E-state index contributed by atoms with van der Waals surface area (Å²) in [5.41, 5.74) is 8.14. The first-order valence-electron chi connectivity index (χ1n) is 6.00. The zero-order chi connectivity index (χ0) is 12.3. The lowest BCUT2D eigenvalue weighted by Gasteiger charge is -2.18. The van der Waals surface area contributed by atoms with Gasteiger partial charge in [-0.25, -0.2) is 0 Å². The van der Waals surface area contributed by atoms with Crippen molar-refractivity contribution in [1.29, 1.82) is 0 Å². The van der Waals surface area contributed by atoms with E-state index < -0.39 is 0 Å². The van der Waals surface area contributed by atoms with Crippen molar-refractivity contribution in [2.45, 2.75) is 12.3 Å². The Balaban J connectivity index is 2.19. The van der Waals surface area contributed by atoms with Gasteiger partial charge in [-0.3, -0.25) is 4.79 Å². The summed E-state index contributed by atoms with van der Waals surface area (Å²) in [4.78, 5) is 13.6. The molecule has 1 amide bonds. The van der Waals surface area contributed by atoms with Crippen LogP contribution in [0.5, 0.6) is 0 Å². The Kier molecular flexibility index (Phi) is 3.64. The summed E-state index contributed by atoms with van der Waals surface area (Å²) >= 11 is 0. The number of nitrogens with zero attached hydrogens (tertiary/aromatic N) is 1. The highest BCUT2D eigenvalue weighted by molar-refractivity contribution is 5.82. The molecule has 4 heteroatoms. The number of amides is 1. The van der Waals surface area contributed by atoms with Crippen molar-refractivity contribution >= 4 is 11.6 Å². The molecular weight excluding hydrogens is 214 g/mol. The van der Waals surface area contributed by atoms with Crippen molar-refractivity contribution in [3.05, 3.63) is 29.8 Å². The minimum absolute atomic E-state index is 0.0493. The van der Waals surface area contributed by atoms with Gasteiger partial charge in [-0.15, -0.1) is 0 Å². The van der Waals surface area contributed by atoms with Crippen LogP contribution >= 0.6 is 0 Å². The number of nitrogens with two attached hydrogens (primary N) is 1. The van der Waals surface area contributed by atoms with Gasteiger partial charge in [-0.2, -0.15) is 0 Å². The molecule has 1 atom stereocenters. The second-order valence-corrected chi connectivity index (χ2v) is 4.39. The van der Waals surface area contributed by atoms with E-state index in [0.717, 1.165) is 13.0 Å². The molecule has 1 aromatic carbocycles. The molecule has 17 heavy (non-hydrogen) atoms. The van der Waals surface area contributed by atoms with Crippen LogP contribution in [-0.2, 0) is 4.79 Å². The molecule has 1 aliphatic heterocycles. The van der Waals surface area contributed by atoms with Crippen molar-refractivity contribution in [1.82, 2.24) is 5.32 Å². The first kappa shape index (κ1) is 11.9. The number of fused-ring (bicyclic) bond motifs is 1. The summed E-state index contributed by atoms with van der Waals surface area (Å²) < 4.78 is 0. The average Bonchev–Trinajstić information content (AvgIpc) is 2.69. The van der Waals surface area contributed by atoms with E-state index in [9.17, 15) is 4.79 Å². The van der Waals surface area contributed by atoms with Crippen LogP contribution in [0.3, 0.4) is 0 Å². The number of likely N-dealkylation sites (N-methyl/N-ethyl adjacent to an activating group) is 1. The number of anilines is 1. The number of nitrogens with one attached hydrogen (secondary N) is 1. The molecule has 0 radical (unpaired) electrons. The first-order valence-corrected chi connectivity index (χ1v) is 6.00. The molecular formula is C13H19N3O. The summed E-state index contributed by atoms with van der Waals surface area (Å²) in [5, 5.41) is 2.66. The van der Waals surface area contributed by atoms with E-state index in [0.29, 0.717) is 19.0 Å². The molecule has 1 aliphatic rings. The van der Waals surface area contributed by atoms with Gasteiger partial charge >= 0.3 is 0 Å². The molecule has 0 fully saturated rings. The Hall–Kier alpha value is -1.55. The van der Waals surface area contributed by atoms with E-state index in [1.807, 2.05) is 12.1 Å². The fourth-order valence-corrected chi connectivity index (χ4v) is 2.43. The van der Waals surface area contributed by atoms with Crippen molar-refractivity contribution < 1.29 is 4.79 Å². The standard InChI is InChI=1S/C13H19N3O/c1-15-13(17)9-16-8-10(6-7-14)11-4-2-3-5-12(11)16/h2-5,10H,6-9,14H2,1H3,(H,15,17). The number of carbonyl (C=O) groups is 1. The lowest BCUT2D eigenvalue weighted by Crippen LogP contribution is -2.35. The monoisotopic (exact) mass is 233 g/mol. The van der Waals surface area contributed by atoms with Gasteiger partial charge in [0.05, 0.1) is 6.54 Å². The molecule has 0 aromatic heterocycles. The van der Waals surface area contributed by atoms with Gasteiger partial charge < -0.3 is 16.0 Å². The van der Waals surface area contributed by atoms with Gasteiger partial charge in [0.2, 0.25) is 5.91 Å². The van der Waals surface area contributed by atoms with E-state index in [2.05, 4.69) is 22.3 Å². The predicted octanol–water partition coefficient (Wildman–Crippen LogP) is 0.685. The topological polar surface area (TPSA) is 58.4 Å². The number of hydrogen-bond acceptors (Lipinski definition) is 3. The molecule has 1 unspecified atom stereocenters. The van der Waals surface area contributed by atoms with Crippen molar-refractivity contribution in [2.75, 3.05) is 31.6 Å². The molecule has 2 rings (SSSR count). The molecule has 3 N–H and O–H groups in total. The van der Waals surface area contributed by atoms with Gasteiger partial charge in [-0.1, -0.05) is 18.2 Å². The van der Waals surface area contributed by atoms with E-state index in [-0.39, 0.29) is 5.91 Å². The second-order valence-electron chi connectivity index (χ2n) is 4.39. The van der Waals surface area contributed by atoms with Gasteiger partial charge in [0.1, 0.15) is 0 Å². The Morgan fingerprint density at radius 2 is 2.29 bits per heavy atom. The Labute approximate surface area is 102 Å². The van der Waals surface area contributed by atoms with Crippen molar-refractivity contribution in [2.24, 2.45) is 5.73 Å². The van der Waals surface area contributed by atoms with E-state index in [1.165, 1.54) is 11.3 Å². The summed E-state index contributed by atoms with van der Waals surface area (Å²) in [6, 6.07) is 8.28. The van der Waals surface area contributed by atoms with Crippen molar-refractivity contribution in [3.8, 4) is 0 Å². The Morgan fingerprint density at radius 1 is 1.53 bits per heavy atom. The number of hydrogen-bond donors (Lipinski definition) is 2. The molecule has 0 spiro atoms. The highest BCUT2D eigenvalue weighted by Crippen LogP contribution is 2.37. The van der Waals surface area contributed by atoms with E-state index in [4.69, 9.17) is 5.73 Å². The molecule has 0 saturated carbocycles. The average molecular weight is 233 g/mol. The number of carbonyl (C=O) groups excluding carboxylic acids is 1. The molecule has 1 heterocycles. The SMILES string of the molecule is CNC(=O)CN1CC(CCN)c2ccccc21. The largest absolute Gasteiger partial charge is 0.361 e. The third kappa shape index (κ3) is 2.42. The maximum Gasteiger partial charge on any atom is 0.239 e.